The second kappa shape index (κ2) is 12.1. The van der Waals surface area contributed by atoms with Gasteiger partial charge in [-0.05, 0) is 64.5 Å². The molecule has 0 aromatic heterocycles. The first-order valence-electron chi connectivity index (χ1n) is 11.5. The third kappa shape index (κ3) is 6.49. The van der Waals surface area contributed by atoms with Gasteiger partial charge in [-0.3, -0.25) is 14.5 Å². The summed E-state index contributed by atoms with van der Waals surface area (Å²) in [4.78, 5) is 26.5. The van der Waals surface area contributed by atoms with Gasteiger partial charge in [-0.25, -0.2) is 13.2 Å². The number of hydrogen-bond donors (Lipinski definition) is 1. The van der Waals surface area contributed by atoms with Crippen molar-refractivity contribution in [1.82, 2.24) is 0 Å². The first kappa shape index (κ1) is 34.3. The van der Waals surface area contributed by atoms with Crippen LogP contribution in [0.2, 0.25) is 0 Å². The average molecular weight is 705 g/mol. The molecule has 0 aliphatic carbocycles. The maximum absolute atomic E-state index is 15.5. The Morgan fingerprint density at radius 1 is 0.864 bits per heavy atom. The number of carbonyl (C=O) groups is 2. The van der Waals surface area contributed by atoms with Crippen LogP contribution >= 0.6 is 15.9 Å². The maximum Gasteiger partial charge on any atom is 0.435 e. The Kier molecular flexibility index (Phi) is 9.40. The fourth-order valence-electron chi connectivity index (χ4n) is 3.83. The number of terminal acetylenes is 1. The molecule has 0 radical (unpaired) electrons. The predicted molar refractivity (Wildman–Crippen MR) is 135 cm³/mol. The molecule has 0 fully saturated rings. The topological polar surface area (TPSA) is 49.4 Å². The van der Waals surface area contributed by atoms with Crippen molar-refractivity contribution in [2.45, 2.75) is 24.2 Å². The highest BCUT2D eigenvalue weighted by molar-refractivity contribution is 9.10. The van der Waals surface area contributed by atoms with Crippen molar-refractivity contribution in [3.05, 3.63) is 93.0 Å². The number of hydrogen-bond acceptors (Lipinski definition) is 2. The summed E-state index contributed by atoms with van der Waals surface area (Å²) in [6.07, 6.45) is -14.0. The van der Waals surface area contributed by atoms with Crippen molar-refractivity contribution in [3.63, 3.8) is 0 Å². The SMILES string of the molecule is C#CCN(C(=O)c1ccc(F)cc1)c1cccc(C(=O)Nc2c(Br)cc(C(F)(C(F)(F)F)C(F)(F)F)cc2C(F)(F)F)c1F. The van der Waals surface area contributed by atoms with Crippen LogP contribution in [-0.4, -0.2) is 30.7 Å². The Morgan fingerprint density at radius 2 is 1.43 bits per heavy atom. The van der Waals surface area contributed by atoms with Crippen molar-refractivity contribution >= 4 is 39.1 Å². The minimum atomic E-state index is -6.75. The first-order valence-corrected chi connectivity index (χ1v) is 12.3. The van der Waals surface area contributed by atoms with Crippen molar-refractivity contribution in [2.75, 3.05) is 16.8 Å². The van der Waals surface area contributed by atoms with E-state index in [1.54, 1.807) is 5.32 Å². The molecule has 1 N–H and O–H groups in total. The third-order valence-electron chi connectivity index (χ3n) is 5.91. The normalized spacial score (nSPS) is 12.5. The van der Waals surface area contributed by atoms with Gasteiger partial charge in [0.1, 0.15) is 5.82 Å². The summed E-state index contributed by atoms with van der Waals surface area (Å²) in [5.41, 5.74) is -14.5. The Labute approximate surface area is 247 Å². The highest BCUT2D eigenvalue weighted by atomic mass is 79.9. The second-order valence-electron chi connectivity index (χ2n) is 8.73. The molecule has 3 aromatic rings. The lowest BCUT2D eigenvalue weighted by Gasteiger charge is -2.31. The van der Waals surface area contributed by atoms with Gasteiger partial charge in [0.05, 0.1) is 29.0 Å². The van der Waals surface area contributed by atoms with Gasteiger partial charge >= 0.3 is 24.2 Å². The molecular formula is C27H13BrF12N2O2. The number of halogens is 13. The van der Waals surface area contributed by atoms with Gasteiger partial charge in [0.25, 0.3) is 11.8 Å². The van der Waals surface area contributed by atoms with Crippen LogP contribution in [0.3, 0.4) is 0 Å². The molecule has 0 aliphatic heterocycles. The second-order valence-corrected chi connectivity index (χ2v) is 9.58. The van der Waals surface area contributed by atoms with Crippen LogP contribution in [0, 0.1) is 24.0 Å². The molecule has 0 bridgehead atoms. The van der Waals surface area contributed by atoms with Gasteiger partial charge in [-0.15, -0.1) is 6.42 Å². The van der Waals surface area contributed by atoms with Gasteiger partial charge in [-0.2, -0.15) is 39.5 Å². The number of carbonyl (C=O) groups excluding carboxylic acids is 2. The van der Waals surface area contributed by atoms with E-state index in [1.165, 1.54) is 0 Å². The molecule has 0 aliphatic rings. The molecule has 4 nitrogen and oxygen atoms in total. The number of anilines is 2. The van der Waals surface area contributed by atoms with Crippen LogP contribution < -0.4 is 10.2 Å². The van der Waals surface area contributed by atoms with Gasteiger partial charge in [0, 0.05) is 15.6 Å². The lowest BCUT2D eigenvalue weighted by molar-refractivity contribution is -0.348. The molecule has 0 saturated heterocycles. The molecule has 0 unspecified atom stereocenters. The number of nitrogens with one attached hydrogen (secondary N) is 1. The summed E-state index contributed by atoms with van der Waals surface area (Å²) in [5.74, 6) is -2.90. The summed E-state index contributed by atoms with van der Waals surface area (Å²) in [6, 6.07) is 5.45. The van der Waals surface area contributed by atoms with Crippen LogP contribution in [0.5, 0.6) is 0 Å². The molecule has 0 atom stereocenters. The van der Waals surface area contributed by atoms with E-state index in [4.69, 9.17) is 6.42 Å². The van der Waals surface area contributed by atoms with E-state index >= 15 is 4.39 Å². The zero-order valence-electron chi connectivity index (χ0n) is 21.2. The highest BCUT2D eigenvalue weighted by Gasteiger charge is 2.73. The first-order chi connectivity index (χ1) is 20.1. The van der Waals surface area contributed by atoms with E-state index < -0.39 is 92.8 Å². The number of amides is 2. The number of nitrogens with zero attached hydrogens (tertiary/aromatic N) is 1. The fourth-order valence-corrected chi connectivity index (χ4v) is 4.39. The molecule has 44 heavy (non-hydrogen) atoms. The quantitative estimate of drug-likeness (QED) is 0.207. The molecule has 0 heterocycles. The summed E-state index contributed by atoms with van der Waals surface area (Å²) in [6.45, 7) is -0.618. The van der Waals surface area contributed by atoms with Crippen LogP contribution in [0.25, 0.3) is 0 Å². The average Bonchev–Trinajstić information content (AvgIpc) is 2.90. The smallest absolute Gasteiger partial charge is 0.320 e. The van der Waals surface area contributed by atoms with Crippen molar-refractivity contribution in [1.29, 1.82) is 0 Å². The standard InChI is InChI=1S/C27H13BrF12N2O2/c1-2-10-42(23(44)13-6-8-15(29)9-7-13)19-5-3-4-16(20(19)30)22(43)41-21-17(25(32,33)34)11-14(12-18(21)28)24(31,26(35,36)37)27(38,39)40/h1,3-9,11-12H,10H2,(H,41,43). The van der Waals surface area contributed by atoms with Crippen LogP contribution in [0.15, 0.2) is 59.1 Å². The molecule has 3 rings (SSSR count). The minimum Gasteiger partial charge on any atom is -0.320 e. The monoisotopic (exact) mass is 704 g/mol. The highest BCUT2D eigenvalue weighted by Crippen LogP contribution is 2.55. The van der Waals surface area contributed by atoms with E-state index in [1.807, 2.05) is 0 Å². The van der Waals surface area contributed by atoms with E-state index in [9.17, 15) is 57.9 Å². The summed E-state index contributed by atoms with van der Waals surface area (Å²) in [5, 5.41) is 1.55. The zero-order valence-corrected chi connectivity index (χ0v) is 22.7. The third-order valence-corrected chi connectivity index (χ3v) is 6.54. The molecular weight excluding hydrogens is 692 g/mol. The summed E-state index contributed by atoms with van der Waals surface area (Å²) < 4.78 is 163. The van der Waals surface area contributed by atoms with Gasteiger partial charge in [0.15, 0.2) is 5.82 Å². The number of benzene rings is 3. The Bertz CT molecular complexity index is 1610. The van der Waals surface area contributed by atoms with Crippen molar-refractivity contribution < 1.29 is 62.3 Å². The molecule has 17 heteroatoms. The maximum atomic E-state index is 15.5. The largest absolute Gasteiger partial charge is 0.435 e. The Morgan fingerprint density at radius 3 is 1.93 bits per heavy atom. The summed E-state index contributed by atoms with van der Waals surface area (Å²) in [7, 11) is 0. The van der Waals surface area contributed by atoms with Gasteiger partial charge in [0.2, 0.25) is 0 Å². The lowest BCUT2D eigenvalue weighted by atomic mass is 9.92. The van der Waals surface area contributed by atoms with E-state index in [2.05, 4.69) is 21.9 Å². The molecule has 0 spiro atoms. The number of rotatable bonds is 6. The molecule has 0 saturated carbocycles. The van der Waals surface area contributed by atoms with Gasteiger partial charge < -0.3 is 5.32 Å². The van der Waals surface area contributed by atoms with Crippen molar-refractivity contribution in [2.24, 2.45) is 0 Å². The number of alkyl halides is 10. The van der Waals surface area contributed by atoms with Crippen LogP contribution in [0.4, 0.5) is 64.1 Å². The molecule has 234 valence electrons. The zero-order chi connectivity index (χ0) is 33.4. The lowest BCUT2D eigenvalue weighted by Crippen LogP contribution is -2.50. The fraction of sp³-hybridized carbons (Fsp3) is 0.185. The van der Waals surface area contributed by atoms with E-state index in [-0.39, 0.29) is 11.6 Å². The van der Waals surface area contributed by atoms with Crippen molar-refractivity contribution in [3.8, 4) is 12.3 Å². The van der Waals surface area contributed by atoms with E-state index in [0.717, 1.165) is 42.5 Å². The minimum absolute atomic E-state index is 0.184. The van der Waals surface area contributed by atoms with Crippen LogP contribution in [-0.2, 0) is 11.8 Å². The predicted octanol–water partition coefficient (Wildman–Crippen LogP) is 8.57. The molecule has 2 amide bonds. The summed E-state index contributed by atoms with van der Waals surface area (Å²) >= 11 is 2.33. The Balaban J connectivity index is 2.12. The molecule has 3 aromatic carbocycles. The Hall–Kier alpha value is -4.20. The van der Waals surface area contributed by atoms with Gasteiger partial charge in [-0.1, -0.05) is 12.0 Å². The van der Waals surface area contributed by atoms with E-state index in [0.29, 0.717) is 4.90 Å². The van der Waals surface area contributed by atoms with Crippen LogP contribution in [0.1, 0.15) is 31.8 Å².